The number of hydrogen-bond acceptors (Lipinski definition) is 1. The highest BCUT2D eigenvalue weighted by Crippen LogP contribution is 2.34. The molecule has 0 saturated heterocycles. The monoisotopic (exact) mass is 384 g/mol. The van der Waals surface area contributed by atoms with Gasteiger partial charge in [-0.3, -0.25) is 0 Å². The third kappa shape index (κ3) is 7.12. The minimum absolute atomic E-state index is 0.883. The van der Waals surface area contributed by atoms with Crippen molar-refractivity contribution in [1.82, 2.24) is 0 Å². The maximum atomic E-state index is 6.01. The summed E-state index contributed by atoms with van der Waals surface area (Å²) in [6.07, 6.45) is 19.6. The van der Waals surface area contributed by atoms with Crippen molar-refractivity contribution in [2.45, 2.75) is 104 Å². The molecule has 0 amide bonds. The van der Waals surface area contributed by atoms with Gasteiger partial charge in [0.1, 0.15) is 5.75 Å². The summed E-state index contributed by atoms with van der Waals surface area (Å²) in [5, 5.41) is 0. The molecule has 0 atom stereocenters. The second-order valence-electron chi connectivity index (χ2n) is 9.76. The molecular formula is C27H44O. The lowest BCUT2D eigenvalue weighted by Crippen LogP contribution is -2.14. The fourth-order valence-electron chi connectivity index (χ4n) is 5.54. The molecule has 0 aromatic heterocycles. The molecule has 1 heteroatoms. The minimum Gasteiger partial charge on any atom is -0.494 e. The largest absolute Gasteiger partial charge is 0.494 e. The lowest BCUT2D eigenvalue weighted by Gasteiger charge is -2.27. The van der Waals surface area contributed by atoms with E-state index in [1.165, 1.54) is 95.5 Å². The van der Waals surface area contributed by atoms with Gasteiger partial charge in [0, 0.05) is 0 Å². The van der Waals surface area contributed by atoms with Crippen molar-refractivity contribution < 1.29 is 4.74 Å². The molecule has 2 fully saturated rings. The zero-order valence-corrected chi connectivity index (χ0v) is 18.6. The summed E-state index contributed by atoms with van der Waals surface area (Å²) < 4.78 is 6.01. The smallest absolute Gasteiger partial charge is 0.119 e. The van der Waals surface area contributed by atoms with E-state index >= 15 is 0 Å². The summed E-state index contributed by atoms with van der Waals surface area (Å²) in [6, 6.07) is 8.96. The fraction of sp³-hybridized carbons (Fsp3) is 0.778. The molecule has 1 aromatic rings. The first kappa shape index (κ1) is 21.7. The van der Waals surface area contributed by atoms with Crippen molar-refractivity contribution >= 4 is 0 Å². The van der Waals surface area contributed by atoms with Gasteiger partial charge in [-0.2, -0.15) is 0 Å². The third-order valence-electron chi connectivity index (χ3n) is 7.88. The number of hydrogen-bond donors (Lipinski definition) is 0. The molecule has 2 saturated carbocycles. The maximum Gasteiger partial charge on any atom is 0.119 e. The van der Waals surface area contributed by atoms with Gasteiger partial charge in [-0.25, -0.2) is 0 Å². The summed E-state index contributed by atoms with van der Waals surface area (Å²) >= 11 is 0. The Labute approximate surface area is 174 Å². The van der Waals surface area contributed by atoms with E-state index in [1.807, 2.05) is 0 Å². The fourth-order valence-corrected chi connectivity index (χ4v) is 5.54. The standard InChI is InChI=1S/C27H44O/c1-3-22-7-11-24(12-8-22)6-5-21-28-27-19-17-26(18-20-27)16-15-25-13-9-23(4-2)10-14-25/h17-20,22-25H,3-16,21H2,1-2H3. The van der Waals surface area contributed by atoms with Crippen molar-refractivity contribution in [1.29, 1.82) is 0 Å². The van der Waals surface area contributed by atoms with Crippen LogP contribution in [0.2, 0.25) is 0 Å². The number of benzene rings is 1. The Morgan fingerprint density at radius 2 is 1.18 bits per heavy atom. The van der Waals surface area contributed by atoms with Crippen molar-refractivity contribution in [2.24, 2.45) is 23.7 Å². The molecule has 1 nitrogen and oxygen atoms in total. The second kappa shape index (κ2) is 11.9. The molecule has 2 aliphatic rings. The first-order chi connectivity index (χ1) is 13.8. The highest BCUT2D eigenvalue weighted by Gasteiger charge is 2.20. The average molecular weight is 385 g/mol. The Bertz CT molecular complexity index is 518. The van der Waals surface area contributed by atoms with E-state index in [-0.39, 0.29) is 0 Å². The molecule has 0 radical (unpaired) electrons. The van der Waals surface area contributed by atoms with E-state index < -0.39 is 0 Å². The average Bonchev–Trinajstić information content (AvgIpc) is 2.77. The van der Waals surface area contributed by atoms with Gasteiger partial charge >= 0.3 is 0 Å². The summed E-state index contributed by atoms with van der Waals surface area (Å²) in [4.78, 5) is 0. The Kier molecular flexibility index (Phi) is 9.22. The lowest BCUT2D eigenvalue weighted by atomic mass is 9.78. The van der Waals surface area contributed by atoms with E-state index in [0.717, 1.165) is 36.0 Å². The highest BCUT2D eigenvalue weighted by molar-refractivity contribution is 5.27. The van der Waals surface area contributed by atoms with E-state index in [1.54, 1.807) is 0 Å². The molecule has 28 heavy (non-hydrogen) atoms. The Balaban J connectivity index is 1.27. The van der Waals surface area contributed by atoms with Crippen LogP contribution >= 0.6 is 0 Å². The van der Waals surface area contributed by atoms with Crippen molar-refractivity contribution in [3.05, 3.63) is 29.8 Å². The molecule has 1 aromatic carbocycles. The second-order valence-corrected chi connectivity index (χ2v) is 9.76. The van der Waals surface area contributed by atoms with E-state index in [2.05, 4.69) is 38.1 Å². The van der Waals surface area contributed by atoms with Gasteiger partial charge in [0.25, 0.3) is 0 Å². The van der Waals surface area contributed by atoms with Gasteiger partial charge in [0.15, 0.2) is 0 Å². The topological polar surface area (TPSA) is 9.23 Å². The van der Waals surface area contributed by atoms with Crippen molar-refractivity contribution in [3.8, 4) is 5.75 Å². The summed E-state index contributed by atoms with van der Waals surface area (Å²) in [5.41, 5.74) is 1.48. The predicted molar refractivity (Wildman–Crippen MR) is 121 cm³/mol. The summed E-state index contributed by atoms with van der Waals surface area (Å²) in [5.74, 6) is 5.01. The van der Waals surface area contributed by atoms with E-state index in [9.17, 15) is 0 Å². The van der Waals surface area contributed by atoms with E-state index in [0.29, 0.717) is 0 Å². The number of rotatable bonds is 10. The first-order valence-corrected chi connectivity index (χ1v) is 12.5. The van der Waals surface area contributed by atoms with Crippen molar-refractivity contribution in [3.63, 3.8) is 0 Å². The Morgan fingerprint density at radius 3 is 1.71 bits per heavy atom. The predicted octanol–water partition coefficient (Wildman–Crippen LogP) is 8.21. The molecule has 3 rings (SSSR count). The van der Waals surface area contributed by atoms with Gasteiger partial charge in [-0.1, -0.05) is 90.2 Å². The molecule has 0 unspecified atom stereocenters. The number of aryl methyl sites for hydroxylation is 1. The third-order valence-corrected chi connectivity index (χ3v) is 7.88. The van der Waals surface area contributed by atoms with Crippen LogP contribution in [0.3, 0.4) is 0 Å². The lowest BCUT2D eigenvalue weighted by molar-refractivity contribution is 0.234. The maximum absolute atomic E-state index is 6.01. The van der Waals surface area contributed by atoms with Gasteiger partial charge in [-0.05, 0) is 67.1 Å². The Hall–Kier alpha value is -0.980. The van der Waals surface area contributed by atoms with Crippen LogP contribution in [-0.4, -0.2) is 6.61 Å². The zero-order chi connectivity index (χ0) is 19.6. The molecule has 0 bridgehead atoms. The molecule has 0 heterocycles. The molecule has 2 aliphatic carbocycles. The summed E-state index contributed by atoms with van der Waals surface area (Å²) in [7, 11) is 0. The zero-order valence-electron chi connectivity index (χ0n) is 18.6. The molecule has 158 valence electrons. The van der Waals surface area contributed by atoms with Crippen LogP contribution in [0.5, 0.6) is 5.75 Å². The van der Waals surface area contributed by atoms with Gasteiger partial charge in [0.05, 0.1) is 6.61 Å². The van der Waals surface area contributed by atoms with Crippen LogP contribution in [0.4, 0.5) is 0 Å². The van der Waals surface area contributed by atoms with Crippen LogP contribution in [-0.2, 0) is 6.42 Å². The molecule has 0 N–H and O–H groups in total. The SMILES string of the molecule is CCC1CCC(CCCOc2ccc(CCC3CCC(CC)CC3)cc2)CC1. The van der Waals surface area contributed by atoms with Crippen LogP contribution in [0.15, 0.2) is 24.3 Å². The number of ether oxygens (including phenoxy) is 1. The van der Waals surface area contributed by atoms with Gasteiger partial charge in [-0.15, -0.1) is 0 Å². The van der Waals surface area contributed by atoms with Gasteiger partial charge < -0.3 is 4.74 Å². The minimum atomic E-state index is 0.883. The molecule has 0 spiro atoms. The molecule has 0 aliphatic heterocycles. The summed E-state index contributed by atoms with van der Waals surface area (Å²) in [6.45, 7) is 5.58. The van der Waals surface area contributed by atoms with Crippen LogP contribution in [0.1, 0.15) is 103 Å². The van der Waals surface area contributed by atoms with Gasteiger partial charge in [0.2, 0.25) is 0 Å². The first-order valence-electron chi connectivity index (χ1n) is 12.5. The van der Waals surface area contributed by atoms with Crippen LogP contribution in [0, 0.1) is 23.7 Å². The quantitative estimate of drug-likeness (QED) is 0.369. The Morgan fingerprint density at radius 1 is 0.679 bits per heavy atom. The van der Waals surface area contributed by atoms with Crippen LogP contribution in [0.25, 0.3) is 0 Å². The molecular weight excluding hydrogens is 340 g/mol. The van der Waals surface area contributed by atoms with Crippen LogP contribution < -0.4 is 4.74 Å². The normalized spacial score (nSPS) is 28.2. The highest BCUT2D eigenvalue weighted by atomic mass is 16.5. The van der Waals surface area contributed by atoms with Crippen molar-refractivity contribution in [2.75, 3.05) is 6.61 Å². The van der Waals surface area contributed by atoms with E-state index in [4.69, 9.17) is 4.74 Å².